The number of rotatable bonds is 33. The SMILES string of the molecule is C=C/C=C\C(=C/C)C1(c2ccccc2)c2cc(N(c3ccc4c(c3)C(CCCCCCC)(CCCCCCC)c3c5c(c6c(oc7ccccc76)c3-4)-c3ccccc3C5(CCCCCCC)CCCCCCC)c3ccc4ccccc4c3)ccc2-c2cc3c(cc21)-c1c(ccc2oc4ccccc4c12)C3(c1ccccc1)c1ccccc1. The first kappa shape index (κ1) is 76.7. The standard InChI is InChI=1S/C115H113NO2/c1-7-13-18-22-43-70-112(71-44-23-19-14-8-2)95-59-40-37-56-89(95)106-107-92-58-39-42-61-102(92)118-111(107)108-90-67-65-86(75-97(90)113(110(108)109(106)112,72-45-24-20-15-9-3)73-46-25-21-16-10-4)116(85-63-62-79-47-35-36-48-80(79)74-85)87-64-66-88-93-77-100-94(78-99(93)114(98(88)76-87,81(12-6)49-17-11-5)82-50-29-26-30-51-82)104-96(68-69-103-105(104)91-57-38-41-60-101(91)117-103)115(100,83-52-31-27-32-53-83)84-54-33-28-34-55-84/h11-12,17,26-42,47-69,74-78H,5,7-10,13-16,18-25,43-46,70-73H2,1-4,6H3/b49-17-,81-12+. The molecule has 118 heavy (non-hydrogen) atoms. The van der Waals surface area contributed by atoms with Gasteiger partial charge in [-0.1, -0.05) is 387 Å². The van der Waals surface area contributed by atoms with E-state index in [0.29, 0.717) is 0 Å². The zero-order valence-corrected chi connectivity index (χ0v) is 70.2. The van der Waals surface area contributed by atoms with Crippen LogP contribution in [-0.4, -0.2) is 0 Å². The molecule has 590 valence electrons. The van der Waals surface area contributed by atoms with E-state index in [2.05, 4.69) is 331 Å². The van der Waals surface area contributed by atoms with E-state index < -0.39 is 10.8 Å². The van der Waals surface area contributed by atoms with Crippen LogP contribution in [0.15, 0.2) is 312 Å². The van der Waals surface area contributed by atoms with Gasteiger partial charge in [0, 0.05) is 55.0 Å². The molecular formula is C115H113NO2. The minimum Gasteiger partial charge on any atom is -0.456 e. The maximum atomic E-state index is 7.76. The Labute approximate surface area is 700 Å². The third-order valence-corrected chi connectivity index (χ3v) is 28.3. The van der Waals surface area contributed by atoms with Crippen molar-refractivity contribution in [1.29, 1.82) is 0 Å². The van der Waals surface area contributed by atoms with Gasteiger partial charge in [-0.05, 0) is 216 Å². The Kier molecular flexibility index (Phi) is 21.2. The predicted octanol–water partition coefficient (Wildman–Crippen LogP) is 33.4. The number of hydrogen-bond donors (Lipinski definition) is 0. The van der Waals surface area contributed by atoms with Gasteiger partial charge in [-0.25, -0.2) is 0 Å². The average Bonchev–Trinajstić information content (AvgIpc) is 1.50. The van der Waals surface area contributed by atoms with Gasteiger partial charge in [0.05, 0.1) is 10.8 Å². The molecule has 0 bridgehead atoms. The minimum absolute atomic E-state index is 0.188. The van der Waals surface area contributed by atoms with Crippen LogP contribution < -0.4 is 4.90 Å². The van der Waals surface area contributed by atoms with Gasteiger partial charge < -0.3 is 13.7 Å². The van der Waals surface area contributed by atoms with Crippen LogP contribution in [0.3, 0.4) is 0 Å². The van der Waals surface area contributed by atoms with Crippen LogP contribution in [0.4, 0.5) is 17.1 Å². The van der Waals surface area contributed by atoms with Gasteiger partial charge in [-0.15, -0.1) is 0 Å². The normalized spacial score (nSPS) is 15.6. The summed E-state index contributed by atoms with van der Waals surface area (Å²) in [6, 6.07) is 103. The van der Waals surface area contributed by atoms with E-state index in [1.165, 1.54) is 237 Å². The van der Waals surface area contributed by atoms with Gasteiger partial charge in [0.1, 0.15) is 22.3 Å². The Morgan fingerprint density at radius 1 is 0.339 bits per heavy atom. The first-order chi connectivity index (χ1) is 58.3. The second-order valence-electron chi connectivity index (χ2n) is 34.8. The Morgan fingerprint density at radius 3 is 1.42 bits per heavy atom. The quantitative estimate of drug-likeness (QED) is 0.0303. The lowest BCUT2D eigenvalue weighted by Gasteiger charge is -2.40. The molecular weight excluding hydrogens is 1430 g/mol. The van der Waals surface area contributed by atoms with Gasteiger partial charge in [0.15, 0.2) is 0 Å². The molecule has 3 heteroatoms. The van der Waals surface area contributed by atoms with Crippen molar-refractivity contribution in [3.63, 3.8) is 0 Å². The van der Waals surface area contributed by atoms with E-state index in [0.717, 1.165) is 83.0 Å². The molecule has 2 aromatic heterocycles. The highest BCUT2D eigenvalue weighted by molar-refractivity contribution is 6.21. The molecule has 0 fully saturated rings. The van der Waals surface area contributed by atoms with E-state index in [-0.39, 0.29) is 10.8 Å². The van der Waals surface area contributed by atoms with Gasteiger partial charge >= 0.3 is 0 Å². The van der Waals surface area contributed by atoms with Crippen LogP contribution in [0.2, 0.25) is 0 Å². The molecule has 1 atom stereocenters. The molecule has 13 aromatic carbocycles. The summed E-state index contributed by atoms with van der Waals surface area (Å²) in [6.07, 6.45) is 38.0. The van der Waals surface area contributed by atoms with E-state index in [1.807, 2.05) is 6.08 Å². The second kappa shape index (κ2) is 32.6. The molecule has 15 aromatic rings. The van der Waals surface area contributed by atoms with E-state index in [1.54, 1.807) is 16.7 Å². The maximum absolute atomic E-state index is 7.76. The van der Waals surface area contributed by atoms with Gasteiger partial charge in [-0.3, -0.25) is 0 Å². The van der Waals surface area contributed by atoms with Crippen LogP contribution in [0.1, 0.15) is 250 Å². The van der Waals surface area contributed by atoms with Crippen LogP contribution >= 0.6 is 0 Å². The van der Waals surface area contributed by atoms with Crippen molar-refractivity contribution in [1.82, 2.24) is 0 Å². The Bertz CT molecular complexity index is 6250. The number of furan rings is 2. The van der Waals surface area contributed by atoms with Crippen LogP contribution in [-0.2, 0) is 21.7 Å². The molecule has 0 saturated heterocycles. The summed E-state index contributed by atoms with van der Waals surface area (Å²) in [5.41, 5.74) is 31.9. The summed E-state index contributed by atoms with van der Waals surface area (Å²) in [5.74, 6) is 0. The average molecular weight is 1540 g/mol. The minimum atomic E-state index is -0.837. The number of unbranched alkanes of at least 4 members (excludes halogenated alkanes) is 16. The lowest BCUT2D eigenvalue weighted by Crippen LogP contribution is -2.33. The zero-order valence-electron chi connectivity index (χ0n) is 70.2. The fraction of sp³-hybridized carbons (Fsp3) is 0.287. The van der Waals surface area contributed by atoms with Gasteiger partial charge in [0.2, 0.25) is 0 Å². The van der Waals surface area contributed by atoms with E-state index in [9.17, 15) is 0 Å². The van der Waals surface area contributed by atoms with Gasteiger partial charge in [0.25, 0.3) is 0 Å². The predicted molar refractivity (Wildman–Crippen MR) is 501 cm³/mol. The molecule has 0 N–H and O–H groups in total. The number of nitrogens with zero attached hydrogens (tertiary/aromatic N) is 1. The lowest BCUT2D eigenvalue weighted by molar-refractivity contribution is 0.369. The third-order valence-electron chi connectivity index (χ3n) is 28.3. The van der Waals surface area contributed by atoms with E-state index in [4.69, 9.17) is 8.83 Å². The zero-order chi connectivity index (χ0) is 80.0. The molecule has 3 nitrogen and oxygen atoms in total. The van der Waals surface area contributed by atoms with Crippen molar-refractivity contribution in [2.24, 2.45) is 0 Å². The molecule has 0 amide bonds. The number of fused-ring (bicyclic) bond motifs is 23. The Hall–Kier alpha value is -11.3. The lowest BCUT2D eigenvalue weighted by atomic mass is 9.62. The van der Waals surface area contributed by atoms with Crippen LogP contribution in [0.25, 0.3) is 99.2 Å². The first-order valence-electron chi connectivity index (χ1n) is 45.3. The largest absolute Gasteiger partial charge is 0.456 e. The van der Waals surface area contributed by atoms with Crippen LogP contribution in [0.5, 0.6) is 0 Å². The molecule has 19 rings (SSSR count). The van der Waals surface area contributed by atoms with Gasteiger partial charge in [-0.2, -0.15) is 0 Å². The monoisotopic (exact) mass is 1540 g/mol. The van der Waals surface area contributed by atoms with Crippen molar-refractivity contribution < 1.29 is 8.83 Å². The molecule has 0 radical (unpaired) electrons. The summed E-state index contributed by atoms with van der Waals surface area (Å²) in [7, 11) is 0. The number of para-hydroxylation sites is 2. The fourth-order valence-corrected chi connectivity index (χ4v) is 23.1. The Morgan fingerprint density at radius 2 is 0.814 bits per heavy atom. The molecule has 0 saturated carbocycles. The maximum Gasteiger partial charge on any atom is 0.144 e. The fourth-order valence-electron chi connectivity index (χ4n) is 23.1. The van der Waals surface area contributed by atoms with E-state index >= 15 is 0 Å². The number of anilines is 3. The van der Waals surface area contributed by atoms with Crippen molar-refractivity contribution >= 4 is 71.7 Å². The Balaban J connectivity index is 0.897. The summed E-state index contributed by atoms with van der Waals surface area (Å²) in [6.45, 7) is 16.1. The number of benzene rings is 13. The topological polar surface area (TPSA) is 29.5 Å². The third kappa shape index (κ3) is 12.3. The van der Waals surface area contributed by atoms with Crippen molar-refractivity contribution in [2.45, 2.75) is 210 Å². The smallest absolute Gasteiger partial charge is 0.144 e. The highest BCUT2D eigenvalue weighted by Gasteiger charge is 2.56. The summed E-state index contributed by atoms with van der Waals surface area (Å²) < 4.78 is 14.7. The molecule has 1 unspecified atom stereocenters. The van der Waals surface area contributed by atoms with Crippen LogP contribution in [0, 0.1) is 0 Å². The molecule has 2 heterocycles. The molecule has 4 aliphatic rings. The number of allylic oxidation sites excluding steroid dienone is 5. The summed E-state index contributed by atoms with van der Waals surface area (Å²) in [5, 5.41) is 7.26. The molecule has 0 aliphatic heterocycles. The highest BCUT2D eigenvalue weighted by Crippen LogP contribution is 2.70. The van der Waals surface area contributed by atoms with Crippen molar-refractivity contribution in [2.75, 3.05) is 4.90 Å². The molecule has 0 spiro atoms. The summed E-state index contributed by atoms with van der Waals surface area (Å²) >= 11 is 0. The van der Waals surface area contributed by atoms with Crippen molar-refractivity contribution in [3.8, 4) is 44.5 Å². The molecule has 4 aliphatic carbocycles. The number of hydrogen-bond acceptors (Lipinski definition) is 3. The highest BCUT2D eigenvalue weighted by atomic mass is 16.3. The second-order valence-corrected chi connectivity index (χ2v) is 34.8. The van der Waals surface area contributed by atoms with Crippen molar-refractivity contribution in [3.05, 3.63) is 365 Å². The first-order valence-corrected chi connectivity index (χ1v) is 45.3. The summed E-state index contributed by atoms with van der Waals surface area (Å²) in [4.78, 5) is 2.66.